The van der Waals surface area contributed by atoms with Crippen molar-refractivity contribution in [1.82, 2.24) is 0 Å². The number of fused-ring (bicyclic) bond motifs is 1. The minimum atomic E-state index is -1.12. The highest BCUT2D eigenvalue weighted by molar-refractivity contribution is 6.02. The van der Waals surface area contributed by atoms with Gasteiger partial charge in [0.25, 0.3) is 0 Å². The van der Waals surface area contributed by atoms with Gasteiger partial charge >= 0.3 is 5.97 Å². The summed E-state index contributed by atoms with van der Waals surface area (Å²) in [7, 11) is 0. The molecule has 0 saturated heterocycles. The van der Waals surface area contributed by atoms with Crippen molar-refractivity contribution in [2.24, 2.45) is 0 Å². The van der Waals surface area contributed by atoms with Crippen molar-refractivity contribution >= 4 is 17.6 Å². The van der Waals surface area contributed by atoms with Gasteiger partial charge in [-0.25, -0.2) is 4.79 Å². The van der Waals surface area contributed by atoms with E-state index in [1.165, 1.54) is 17.5 Å². The van der Waals surface area contributed by atoms with Crippen LogP contribution in [0.15, 0.2) is 30.4 Å². The Hall–Kier alpha value is -2.10. The number of benzene rings is 1. The molecule has 0 bridgehead atoms. The van der Waals surface area contributed by atoms with Crippen molar-refractivity contribution < 1.29 is 14.7 Å². The molecule has 1 amide bonds. The number of amides is 1. The van der Waals surface area contributed by atoms with E-state index in [9.17, 15) is 9.59 Å². The molecular formula is C14H15NO3. The number of hydrogen-bond donors (Lipinski definition) is 2. The van der Waals surface area contributed by atoms with Gasteiger partial charge in [-0.15, -0.1) is 0 Å². The van der Waals surface area contributed by atoms with Crippen LogP contribution >= 0.6 is 0 Å². The lowest BCUT2D eigenvalue weighted by Crippen LogP contribution is -2.13. The van der Waals surface area contributed by atoms with Gasteiger partial charge in [-0.1, -0.05) is 12.1 Å². The van der Waals surface area contributed by atoms with Crippen molar-refractivity contribution in [1.29, 1.82) is 0 Å². The molecule has 0 saturated carbocycles. The number of carboxylic acids is 1. The Kier molecular flexibility index (Phi) is 3.77. The highest BCUT2D eigenvalue weighted by Gasteiger charge is 2.13. The molecule has 0 aromatic heterocycles. The number of anilines is 1. The minimum absolute atomic E-state index is 0.406. The second-order valence-electron chi connectivity index (χ2n) is 4.31. The van der Waals surface area contributed by atoms with E-state index in [1.807, 2.05) is 12.1 Å². The summed E-state index contributed by atoms with van der Waals surface area (Å²) in [6.07, 6.45) is 6.20. The van der Waals surface area contributed by atoms with E-state index < -0.39 is 11.9 Å². The fraction of sp³-hybridized carbons (Fsp3) is 0.286. The molecule has 2 N–H and O–H groups in total. The normalized spacial score (nSPS) is 14.2. The molecule has 2 rings (SSSR count). The Morgan fingerprint density at radius 3 is 2.72 bits per heavy atom. The molecule has 18 heavy (non-hydrogen) atoms. The molecule has 0 fully saturated rings. The number of rotatable bonds is 3. The average Bonchev–Trinajstić information content (AvgIpc) is 2.37. The van der Waals surface area contributed by atoms with E-state index in [0.29, 0.717) is 0 Å². The van der Waals surface area contributed by atoms with Crippen molar-refractivity contribution in [3.05, 3.63) is 41.5 Å². The van der Waals surface area contributed by atoms with E-state index in [0.717, 1.165) is 37.1 Å². The van der Waals surface area contributed by atoms with Gasteiger partial charge in [0.1, 0.15) is 0 Å². The molecule has 0 heterocycles. The predicted octanol–water partition coefficient (Wildman–Crippen LogP) is 2.14. The second-order valence-corrected chi connectivity index (χ2v) is 4.31. The van der Waals surface area contributed by atoms with E-state index in [1.54, 1.807) is 0 Å². The topological polar surface area (TPSA) is 66.4 Å². The van der Waals surface area contributed by atoms with Crippen LogP contribution in [0.1, 0.15) is 24.0 Å². The molecule has 1 aromatic rings. The summed E-state index contributed by atoms with van der Waals surface area (Å²) >= 11 is 0. The van der Waals surface area contributed by atoms with E-state index in [-0.39, 0.29) is 0 Å². The number of aryl methyl sites for hydroxylation is 1. The molecule has 0 atom stereocenters. The van der Waals surface area contributed by atoms with Gasteiger partial charge in [0.2, 0.25) is 5.91 Å². The molecular weight excluding hydrogens is 230 g/mol. The van der Waals surface area contributed by atoms with E-state index in [4.69, 9.17) is 5.11 Å². The zero-order chi connectivity index (χ0) is 13.0. The van der Waals surface area contributed by atoms with Gasteiger partial charge < -0.3 is 10.4 Å². The molecule has 0 unspecified atom stereocenters. The number of carboxylic acid groups (broad SMARTS) is 1. The average molecular weight is 245 g/mol. The minimum Gasteiger partial charge on any atom is -0.478 e. The van der Waals surface area contributed by atoms with Crippen LogP contribution in [-0.2, 0) is 22.4 Å². The summed E-state index contributed by atoms with van der Waals surface area (Å²) < 4.78 is 0. The van der Waals surface area contributed by atoms with Crippen molar-refractivity contribution in [2.45, 2.75) is 25.7 Å². The third-order valence-corrected chi connectivity index (χ3v) is 3.03. The largest absolute Gasteiger partial charge is 0.478 e. The quantitative estimate of drug-likeness (QED) is 0.802. The fourth-order valence-corrected chi connectivity index (χ4v) is 2.22. The maximum absolute atomic E-state index is 11.5. The van der Waals surface area contributed by atoms with Crippen LogP contribution in [0.3, 0.4) is 0 Å². The van der Waals surface area contributed by atoms with Gasteiger partial charge in [-0.05, 0) is 42.9 Å². The van der Waals surface area contributed by atoms with Gasteiger partial charge in [0, 0.05) is 17.8 Å². The first-order chi connectivity index (χ1) is 8.66. The summed E-state index contributed by atoms with van der Waals surface area (Å²) in [5.41, 5.74) is 3.26. The third kappa shape index (κ3) is 2.97. The van der Waals surface area contributed by atoms with Crippen LogP contribution in [0.25, 0.3) is 0 Å². The van der Waals surface area contributed by atoms with E-state index >= 15 is 0 Å². The molecule has 94 valence electrons. The predicted molar refractivity (Wildman–Crippen MR) is 68.5 cm³/mol. The molecule has 1 aromatic carbocycles. The number of nitrogens with one attached hydrogen (secondary N) is 1. The second kappa shape index (κ2) is 5.49. The number of carbonyl (C=O) groups excluding carboxylic acids is 1. The molecule has 1 aliphatic rings. The van der Waals surface area contributed by atoms with Crippen LogP contribution < -0.4 is 5.32 Å². The monoisotopic (exact) mass is 245 g/mol. The summed E-state index contributed by atoms with van der Waals surface area (Å²) in [4.78, 5) is 21.9. The van der Waals surface area contributed by atoms with Crippen LogP contribution in [0.4, 0.5) is 5.69 Å². The molecule has 4 heteroatoms. The van der Waals surface area contributed by atoms with Gasteiger partial charge in [-0.3, -0.25) is 4.79 Å². The Morgan fingerprint density at radius 1 is 1.17 bits per heavy atom. The van der Waals surface area contributed by atoms with Crippen LogP contribution in [0, 0.1) is 0 Å². The van der Waals surface area contributed by atoms with E-state index in [2.05, 4.69) is 11.4 Å². The lowest BCUT2D eigenvalue weighted by molar-refractivity contribution is -0.131. The molecule has 4 nitrogen and oxygen atoms in total. The lowest BCUT2D eigenvalue weighted by atomic mass is 9.90. The fourth-order valence-electron chi connectivity index (χ4n) is 2.22. The van der Waals surface area contributed by atoms with Crippen molar-refractivity contribution in [2.75, 3.05) is 5.32 Å². The van der Waals surface area contributed by atoms with Gasteiger partial charge in [-0.2, -0.15) is 0 Å². The van der Waals surface area contributed by atoms with Crippen LogP contribution in [0.5, 0.6) is 0 Å². The molecule has 1 aliphatic carbocycles. The standard InChI is InChI=1S/C14H15NO3/c16-13(8-9-14(17)18)15-12-7-3-5-10-4-1-2-6-11(10)12/h3,5,7-9H,1-2,4,6H2,(H,15,16)(H,17,18). The molecule has 0 radical (unpaired) electrons. The van der Waals surface area contributed by atoms with Gasteiger partial charge in [0.15, 0.2) is 0 Å². The first-order valence-corrected chi connectivity index (χ1v) is 5.99. The zero-order valence-corrected chi connectivity index (χ0v) is 9.98. The Morgan fingerprint density at radius 2 is 1.94 bits per heavy atom. The Labute approximate surface area is 105 Å². The summed E-state index contributed by atoms with van der Waals surface area (Å²) in [5.74, 6) is -1.53. The smallest absolute Gasteiger partial charge is 0.328 e. The van der Waals surface area contributed by atoms with Crippen molar-refractivity contribution in [3.63, 3.8) is 0 Å². The molecule has 0 aliphatic heterocycles. The van der Waals surface area contributed by atoms with Crippen LogP contribution in [-0.4, -0.2) is 17.0 Å². The number of hydrogen-bond acceptors (Lipinski definition) is 2. The SMILES string of the molecule is O=C(O)C=CC(=O)Nc1cccc2c1CCCC2. The highest BCUT2D eigenvalue weighted by Crippen LogP contribution is 2.27. The number of carbonyl (C=O) groups is 2. The first-order valence-electron chi connectivity index (χ1n) is 5.99. The maximum atomic E-state index is 11.5. The van der Waals surface area contributed by atoms with Crippen LogP contribution in [0.2, 0.25) is 0 Å². The third-order valence-electron chi connectivity index (χ3n) is 3.03. The summed E-state index contributed by atoms with van der Waals surface area (Å²) in [6, 6.07) is 5.86. The van der Waals surface area contributed by atoms with Gasteiger partial charge in [0.05, 0.1) is 0 Å². The molecule has 0 spiro atoms. The number of aliphatic carboxylic acids is 1. The summed E-state index contributed by atoms with van der Waals surface area (Å²) in [5, 5.41) is 11.2. The maximum Gasteiger partial charge on any atom is 0.328 e. The summed E-state index contributed by atoms with van der Waals surface area (Å²) in [6.45, 7) is 0. The first kappa shape index (κ1) is 12.4. The zero-order valence-electron chi connectivity index (χ0n) is 9.98. The highest BCUT2D eigenvalue weighted by atomic mass is 16.4. The van der Waals surface area contributed by atoms with Crippen molar-refractivity contribution in [3.8, 4) is 0 Å². The Balaban J connectivity index is 2.14. The lowest BCUT2D eigenvalue weighted by Gasteiger charge is -2.19. The Bertz CT molecular complexity index is 506.